The van der Waals surface area contributed by atoms with Crippen LogP contribution in [-0.4, -0.2) is 19.0 Å². The van der Waals surface area contributed by atoms with Gasteiger partial charge in [0, 0.05) is 6.42 Å². The van der Waals surface area contributed by atoms with Gasteiger partial charge in [-0.25, -0.2) is 0 Å². The first kappa shape index (κ1) is 14.6. The number of carbonyl (C=O) groups is 1. The molecule has 4 heteroatoms. The van der Waals surface area contributed by atoms with Gasteiger partial charge in [-0.15, -0.1) is 0 Å². The van der Waals surface area contributed by atoms with Crippen LogP contribution in [0.25, 0.3) is 0 Å². The normalized spacial score (nSPS) is 17.2. The van der Waals surface area contributed by atoms with Crippen LogP contribution in [0, 0.1) is 5.92 Å². The van der Waals surface area contributed by atoms with Crippen molar-refractivity contribution in [2.75, 3.05) is 18.4 Å². The van der Waals surface area contributed by atoms with E-state index in [2.05, 4.69) is 10.6 Å². The van der Waals surface area contributed by atoms with Gasteiger partial charge in [-0.1, -0.05) is 30.3 Å². The number of anilines is 1. The molecule has 0 saturated carbocycles. The van der Waals surface area contributed by atoms with Crippen molar-refractivity contribution in [3.63, 3.8) is 0 Å². The topological polar surface area (TPSA) is 50.4 Å². The third-order valence-electron chi connectivity index (χ3n) is 3.77. The molecule has 1 atom stereocenters. The molecule has 0 radical (unpaired) electrons. The highest BCUT2D eigenvalue weighted by atomic mass is 16.5. The highest BCUT2D eigenvalue weighted by molar-refractivity contribution is 5.92. The maximum absolute atomic E-state index is 12.2. The summed E-state index contributed by atoms with van der Waals surface area (Å²) in [5, 5.41) is 6.25. The molecule has 1 fully saturated rings. The van der Waals surface area contributed by atoms with Crippen molar-refractivity contribution in [1.82, 2.24) is 5.32 Å². The van der Waals surface area contributed by atoms with Crippen molar-refractivity contribution in [3.8, 4) is 11.5 Å². The molecule has 0 aromatic heterocycles. The molecule has 1 heterocycles. The Hall–Kier alpha value is -2.33. The van der Waals surface area contributed by atoms with Crippen molar-refractivity contribution < 1.29 is 9.53 Å². The summed E-state index contributed by atoms with van der Waals surface area (Å²) in [6.45, 7) is 1.93. The van der Waals surface area contributed by atoms with E-state index in [1.54, 1.807) is 0 Å². The lowest BCUT2D eigenvalue weighted by molar-refractivity contribution is -0.117. The summed E-state index contributed by atoms with van der Waals surface area (Å²) in [6.07, 6.45) is 1.61. The Kier molecular flexibility index (Phi) is 4.71. The summed E-state index contributed by atoms with van der Waals surface area (Å²) < 4.78 is 5.85. The van der Waals surface area contributed by atoms with Gasteiger partial charge in [0.15, 0.2) is 5.75 Å². The highest BCUT2D eigenvalue weighted by Gasteiger charge is 2.18. The largest absolute Gasteiger partial charge is 0.455 e. The summed E-state index contributed by atoms with van der Waals surface area (Å²) in [6, 6.07) is 17.1. The fourth-order valence-electron chi connectivity index (χ4n) is 2.63. The van der Waals surface area contributed by atoms with E-state index in [-0.39, 0.29) is 5.91 Å². The first-order valence-corrected chi connectivity index (χ1v) is 7.64. The van der Waals surface area contributed by atoms with E-state index in [0.29, 0.717) is 23.8 Å². The first-order chi connectivity index (χ1) is 10.8. The molecule has 1 saturated heterocycles. The van der Waals surface area contributed by atoms with E-state index < -0.39 is 0 Å². The number of hydrogen-bond donors (Lipinski definition) is 2. The van der Waals surface area contributed by atoms with Crippen LogP contribution in [0.5, 0.6) is 11.5 Å². The Balaban J connectivity index is 1.66. The monoisotopic (exact) mass is 296 g/mol. The molecule has 1 unspecified atom stereocenters. The molecule has 2 aromatic carbocycles. The summed E-state index contributed by atoms with van der Waals surface area (Å²) in [7, 11) is 0. The van der Waals surface area contributed by atoms with Gasteiger partial charge in [0.2, 0.25) is 5.91 Å². The lowest BCUT2D eigenvalue weighted by Gasteiger charge is -2.13. The molecule has 0 spiro atoms. The van der Waals surface area contributed by atoms with E-state index in [4.69, 9.17) is 4.74 Å². The third kappa shape index (κ3) is 3.86. The molecule has 4 nitrogen and oxygen atoms in total. The van der Waals surface area contributed by atoms with E-state index in [1.807, 2.05) is 54.6 Å². The molecule has 2 aromatic rings. The van der Waals surface area contributed by atoms with Gasteiger partial charge in [-0.3, -0.25) is 4.79 Å². The van der Waals surface area contributed by atoms with Crippen LogP contribution >= 0.6 is 0 Å². The van der Waals surface area contributed by atoms with Crippen LogP contribution in [0.4, 0.5) is 5.69 Å². The van der Waals surface area contributed by atoms with Gasteiger partial charge in [0.05, 0.1) is 5.69 Å². The second kappa shape index (κ2) is 7.09. The molecular weight excluding hydrogens is 276 g/mol. The smallest absolute Gasteiger partial charge is 0.224 e. The minimum atomic E-state index is 0.0396. The standard InChI is InChI=1S/C18H20N2O2/c21-18(12-14-10-11-19-13-14)20-16-8-4-5-9-17(16)22-15-6-2-1-3-7-15/h1-9,14,19H,10-13H2,(H,20,21). The zero-order valence-electron chi connectivity index (χ0n) is 12.4. The van der Waals surface area contributed by atoms with Crippen molar-refractivity contribution >= 4 is 11.6 Å². The minimum Gasteiger partial charge on any atom is -0.455 e. The molecule has 1 amide bonds. The van der Waals surface area contributed by atoms with Crippen LogP contribution in [0.3, 0.4) is 0 Å². The van der Waals surface area contributed by atoms with Crippen LogP contribution in [-0.2, 0) is 4.79 Å². The maximum Gasteiger partial charge on any atom is 0.224 e. The van der Waals surface area contributed by atoms with Crippen molar-refractivity contribution in [3.05, 3.63) is 54.6 Å². The number of ether oxygens (including phenoxy) is 1. The number of rotatable bonds is 5. The third-order valence-corrected chi connectivity index (χ3v) is 3.77. The number of nitrogens with one attached hydrogen (secondary N) is 2. The van der Waals surface area contributed by atoms with Crippen LogP contribution in [0.15, 0.2) is 54.6 Å². The van der Waals surface area contributed by atoms with E-state index in [9.17, 15) is 4.79 Å². The van der Waals surface area contributed by atoms with Gasteiger partial charge in [0.1, 0.15) is 5.75 Å². The quantitative estimate of drug-likeness (QED) is 0.889. The Bertz CT molecular complexity index is 622. The maximum atomic E-state index is 12.2. The summed E-state index contributed by atoms with van der Waals surface area (Å²) in [5.41, 5.74) is 0.710. The average Bonchev–Trinajstić information content (AvgIpc) is 3.03. The fourth-order valence-corrected chi connectivity index (χ4v) is 2.63. The van der Waals surface area contributed by atoms with Gasteiger partial charge >= 0.3 is 0 Å². The predicted molar refractivity (Wildman–Crippen MR) is 87.2 cm³/mol. The van der Waals surface area contributed by atoms with E-state index >= 15 is 0 Å². The molecular formula is C18H20N2O2. The number of carbonyl (C=O) groups excluding carboxylic acids is 1. The fraction of sp³-hybridized carbons (Fsp3) is 0.278. The molecule has 114 valence electrons. The summed E-state index contributed by atoms with van der Waals surface area (Å²) in [4.78, 5) is 12.2. The van der Waals surface area contributed by atoms with Crippen molar-refractivity contribution in [2.24, 2.45) is 5.92 Å². The Morgan fingerprint density at radius 3 is 2.68 bits per heavy atom. The minimum absolute atomic E-state index is 0.0396. The van der Waals surface area contributed by atoms with Crippen molar-refractivity contribution in [1.29, 1.82) is 0 Å². The Labute approximate surface area is 130 Å². The molecule has 22 heavy (non-hydrogen) atoms. The second-order valence-electron chi connectivity index (χ2n) is 5.52. The van der Waals surface area contributed by atoms with Crippen LogP contribution in [0.1, 0.15) is 12.8 Å². The highest BCUT2D eigenvalue weighted by Crippen LogP contribution is 2.29. The molecule has 3 rings (SSSR count). The number of hydrogen-bond acceptors (Lipinski definition) is 3. The Morgan fingerprint density at radius 1 is 1.14 bits per heavy atom. The second-order valence-corrected chi connectivity index (χ2v) is 5.52. The van der Waals surface area contributed by atoms with Crippen LogP contribution in [0.2, 0.25) is 0 Å². The zero-order chi connectivity index (χ0) is 15.2. The van der Waals surface area contributed by atoms with Gasteiger partial charge in [-0.2, -0.15) is 0 Å². The van der Waals surface area contributed by atoms with Gasteiger partial charge in [-0.05, 0) is 49.7 Å². The molecule has 1 aliphatic rings. The molecule has 2 N–H and O–H groups in total. The molecule has 1 aliphatic heterocycles. The number of amides is 1. The average molecular weight is 296 g/mol. The molecule has 0 aliphatic carbocycles. The van der Waals surface area contributed by atoms with Gasteiger partial charge < -0.3 is 15.4 Å². The number of para-hydroxylation sites is 3. The Morgan fingerprint density at radius 2 is 1.91 bits per heavy atom. The van der Waals surface area contributed by atoms with E-state index in [1.165, 1.54) is 0 Å². The zero-order valence-corrected chi connectivity index (χ0v) is 12.4. The van der Waals surface area contributed by atoms with Gasteiger partial charge in [0.25, 0.3) is 0 Å². The molecule has 0 bridgehead atoms. The summed E-state index contributed by atoms with van der Waals surface area (Å²) >= 11 is 0. The summed E-state index contributed by atoms with van der Waals surface area (Å²) in [5.74, 6) is 1.89. The number of benzene rings is 2. The lowest BCUT2D eigenvalue weighted by Crippen LogP contribution is -2.18. The van der Waals surface area contributed by atoms with Crippen LogP contribution < -0.4 is 15.4 Å². The van der Waals surface area contributed by atoms with E-state index in [0.717, 1.165) is 25.3 Å². The predicted octanol–water partition coefficient (Wildman–Crippen LogP) is 3.42. The van der Waals surface area contributed by atoms with Crippen molar-refractivity contribution in [2.45, 2.75) is 12.8 Å². The lowest BCUT2D eigenvalue weighted by atomic mass is 10.0. The SMILES string of the molecule is O=C(CC1CCNC1)Nc1ccccc1Oc1ccccc1. The first-order valence-electron chi connectivity index (χ1n) is 7.64.